The molecule has 4 aromatic rings. The molecule has 0 aliphatic carbocycles. The van der Waals surface area contributed by atoms with E-state index in [4.69, 9.17) is 19.4 Å². The Hall–Kier alpha value is -3.87. The molecule has 2 aromatic heterocycles. The van der Waals surface area contributed by atoms with E-state index in [1.54, 1.807) is 0 Å². The third-order valence-electron chi connectivity index (χ3n) is 6.83. The molecule has 2 aromatic carbocycles. The number of carboxylic acid groups (broad SMARTS) is 1. The Morgan fingerprint density at radius 2 is 1.97 bits per heavy atom. The summed E-state index contributed by atoms with van der Waals surface area (Å²) in [5.74, 6) is 1.33. The summed E-state index contributed by atoms with van der Waals surface area (Å²) in [5.41, 5.74) is 5.41. The van der Waals surface area contributed by atoms with Crippen molar-refractivity contribution in [3.63, 3.8) is 0 Å². The van der Waals surface area contributed by atoms with Crippen LogP contribution in [0.3, 0.4) is 0 Å². The van der Waals surface area contributed by atoms with Gasteiger partial charge in [-0.2, -0.15) is 0 Å². The van der Waals surface area contributed by atoms with Crippen LogP contribution in [0.15, 0.2) is 36.5 Å². The van der Waals surface area contributed by atoms with Crippen molar-refractivity contribution in [1.29, 1.82) is 0 Å². The molecular weight excluding hydrogens is 466 g/mol. The van der Waals surface area contributed by atoms with Crippen LogP contribution in [0.25, 0.3) is 32.9 Å². The Morgan fingerprint density at radius 1 is 1.19 bits per heavy atom. The zero-order valence-corrected chi connectivity index (χ0v) is 22.3. The first kappa shape index (κ1) is 24.8. The van der Waals surface area contributed by atoms with Crippen LogP contribution in [-0.2, 0) is 17.6 Å². The maximum atomic E-state index is 12.1. The van der Waals surface area contributed by atoms with Crippen molar-refractivity contribution in [2.75, 3.05) is 25.1 Å². The van der Waals surface area contributed by atoms with Gasteiger partial charge < -0.3 is 19.5 Å². The number of aryl methyl sites for hydroxylation is 1. The van der Waals surface area contributed by atoms with Gasteiger partial charge in [-0.05, 0) is 75.6 Å². The van der Waals surface area contributed by atoms with Crippen LogP contribution in [0.5, 0.6) is 11.5 Å². The van der Waals surface area contributed by atoms with Crippen LogP contribution < -0.4 is 14.4 Å². The molecule has 0 unspecified atom stereocenters. The lowest BCUT2D eigenvalue weighted by Gasteiger charge is -2.28. The number of pyridine rings is 2. The van der Waals surface area contributed by atoms with Gasteiger partial charge in [0, 0.05) is 48.6 Å². The number of hydrogen-bond donors (Lipinski definition) is 1. The molecule has 1 aliphatic rings. The molecule has 7 nitrogen and oxygen atoms in total. The Balaban J connectivity index is 1.94. The van der Waals surface area contributed by atoms with E-state index in [0.29, 0.717) is 12.4 Å². The number of aromatic nitrogens is 2. The van der Waals surface area contributed by atoms with Gasteiger partial charge in [-0.15, -0.1) is 0 Å². The highest BCUT2D eigenvalue weighted by Crippen LogP contribution is 2.48. The second-order valence-electron chi connectivity index (χ2n) is 10.6. The van der Waals surface area contributed by atoms with Gasteiger partial charge in [0.25, 0.3) is 0 Å². The summed E-state index contributed by atoms with van der Waals surface area (Å²) < 4.78 is 12.6. The number of carboxylic acids is 1. The third kappa shape index (κ3) is 4.54. The first-order valence-corrected chi connectivity index (χ1v) is 12.7. The van der Waals surface area contributed by atoms with Gasteiger partial charge in [0.1, 0.15) is 22.9 Å². The Labute approximate surface area is 217 Å². The zero-order chi connectivity index (χ0) is 26.5. The van der Waals surface area contributed by atoms with Gasteiger partial charge in [-0.1, -0.05) is 0 Å². The quantitative estimate of drug-likeness (QED) is 0.351. The second kappa shape index (κ2) is 9.21. The summed E-state index contributed by atoms with van der Waals surface area (Å²) in [5, 5.41) is 11.7. The van der Waals surface area contributed by atoms with Crippen molar-refractivity contribution < 1.29 is 19.4 Å². The van der Waals surface area contributed by atoms with Crippen LogP contribution in [0.2, 0.25) is 0 Å². The SMILES string of the molecule is CCN(C)c1ccc2c(-c3c(OC(C)(C)C)cc4c5c(ccnc35)CCO4)c(CC(=O)O)c(C)cc2n1. The molecule has 1 aliphatic heterocycles. The van der Waals surface area contributed by atoms with E-state index < -0.39 is 11.6 Å². The van der Waals surface area contributed by atoms with E-state index in [0.717, 1.165) is 74.2 Å². The average Bonchev–Trinajstić information content (AvgIpc) is 2.83. The minimum atomic E-state index is -0.892. The van der Waals surface area contributed by atoms with Crippen LogP contribution >= 0.6 is 0 Å². The van der Waals surface area contributed by atoms with Crippen molar-refractivity contribution in [2.24, 2.45) is 0 Å². The summed E-state index contributed by atoms with van der Waals surface area (Å²) in [6.45, 7) is 11.4. The second-order valence-corrected chi connectivity index (χ2v) is 10.6. The van der Waals surface area contributed by atoms with E-state index in [2.05, 4.69) is 11.8 Å². The number of aliphatic carboxylic acids is 1. The Kier molecular flexibility index (Phi) is 6.18. The summed E-state index contributed by atoms with van der Waals surface area (Å²) in [6, 6.07) is 9.98. The molecule has 0 fully saturated rings. The van der Waals surface area contributed by atoms with E-state index in [-0.39, 0.29) is 6.42 Å². The number of benzene rings is 2. The van der Waals surface area contributed by atoms with Crippen LogP contribution in [0.4, 0.5) is 5.82 Å². The molecule has 192 valence electrons. The van der Waals surface area contributed by atoms with Crippen molar-refractivity contribution in [2.45, 2.75) is 53.1 Å². The highest BCUT2D eigenvalue weighted by Gasteiger charge is 2.28. The van der Waals surface area contributed by atoms with Gasteiger partial charge in [0.05, 0.1) is 29.6 Å². The Bertz CT molecular complexity index is 1540. The monoisotopic (exact) mass is 499 g/mol. The first-order chi connectivity index (χ1) is 17.6. The van der Waals surface area contributed by atoms with Crippen molar-refractivity contribution >= 4 is 33.6 Å². The van der Waals surface area contributed by atoms with E-state index >= 15 is 0 Å². The van der Waals surface area contributed by atoms with Gasteiger partial charge in [0.2, 0.25) is 0 Å². The molecule has 0 amide bonds. The van der Waals surface area contributed by atoms with E-state index in [1.165, 1.54) is 0 Å². The molecule has 0 saturated heterocycles. The number of anilines is 1. The fourth-order valence-corrected chi connectivity index (χ4v) is 5.07. The molecule has 7 heteroatoms. The molecule has 0 atom stereocenters. The van der Waals surface area contributed by atoms with Gasteiger partial charge in [0.15, 0.2) is 0 Å². The lowest BCUT2D eigenvalue weighted by molar-refractivity contribution is -0.136. The fourth-order valence-electron chi connectivity index (χ4n) is 5.07. The molecule has 0 bridgehead atoms. The van der Waals surface area contributed by atoms with Crippen LogP contribution in [-0.4, -0.2) is 46.8 Å². The van der Waals surface area contributed by atoms with Gasteiger partial charge in [-0.25, -0.2) is 4.98 Å². The van der Waals surface area contributed by atoms with Crippen LogP contribution in [0.1, 0.15) is 44.4 Å². The maximum Gasteiger partial charge on any atom is 0.307 e. The summed E-state index contributed by atoms with van der Waals surface area (Å²) in [4.78, 5) is 23.9. The van der Waals surface area contributed by atoms with Crippen molar-refractivity contribution in [1.82, 2.24) is 9.97 Å². The average molecular weight is 500 g/mol. The van der Waals surface area contributed by atoms with E-state index in [9.17, 15) is 9.90 Å². The molecule has 0 spiro atoms. The lowest BCUT2D eigenvalue weighted by Crippen LogP contribution is -2.24. The predicted octanol–water partition coefficient (Wildman–Crippen LogP) is 5.95. The van der Waals surface area contributed by atoms with Gasteiger partial charge >= 0.3 is 5.97 Å². The van der Waals surface area contributed by atoms with Crippen molar-refractivity contribution in [3.8, 4) is 22.6 Å². The third-order valence-corrected chi connectivity index (χ3v) is 6.83. The molecule has 1 N–H and O–H groups in total. The topological polar surface area (TPSA) is 84.8 Å². The molecule has 3 heterocycles. The van der Waals surface area contributed by atoms with E-state index in [1.807, 2.05) is 71.3 Å². The Morgan fingerprint density at radius 3 is 2.68 bits per heavy atom. The normalized spacial score (nSPS) is 13.0. The summed E-state index contributed by atoms with van der Waals surface area (Å²) in [6.07, 6.45) is 2.48. The molecule has 0 saturated carbocycles. The fraction of sp³-hybridized carbons (Fsp3) is 0.367. The molecule has 0 radical (unpaired) electrons. The maximum absolute atomic E-state index is 12.1. The summed E-state index contributed by atoms with van der Waals surface area (Å²) in [7, 11) is 2.01. The molecule has 5 rings (SSSR count). The highest BCUT2D eigenvalue weighted by atomic mass is 16.5. The number of nitrogens with zero attached hydrogens (tertiary/aromatic N) is 3. The number of carbonyl (C=O) groups is 1. The molecule has 37 heavy (non-hydrogen) atoms. The highest BCUT2D eigenvalue weighted by molar-refractivity contribution is 6.10. The van der Waals surface area contributed by atoms with Crippen molar-refractivity contribution in [3.05, 3.63) is 53.2 Å². The number of hydrogen-bond acceptors (Lipinski definition) is 6. The number of rotatable bonds is 6. The smallest absolute Gasteiger partial charge is 0.307 e. The minimum Gasteiger partial charge on any atom is -0.492 e. The van der Waals surface area contributed by atoms with Gasteiger partial charge in [-0.3, -0.25) is 9.78 Å². The van der Waals surface area contributed by atoms with Crippen LogP contribution in [0, 0.1) is 6.92 Å². The largest absolute Gasteiger partial charge is 0.492 e. The molecular formula is C30H33N3O4. The first-order valence-electron chi connectivity index (χ1n) is 12.7. The number of fused-ring (bicyclic) bond motifs is 1. The standard InChI is InChI=1S/C30H33N3O4/c1-7-33(6)24-9-8-19-21(32-24)14-17(2)20(15-25(34)35)27(19)28-23(37-30(3,4)5)16-22-26-18(11-13-36-22)10-12-31-29(26)28/h8-10,12,14,16H,7,11,13,15H2,1-6H3,(H,34,35). The number of ether oxygens (including phenoxy) is 2. The predicted molar refractivity (Wildman–Crippen MR) is 147 cm³/mol. The summed E-state index contributed by atoms with van der Waals surface area (Å²) >= 11 is 0. The minimum absolute atomic E-state index is 0.123. The lowest BCUT2D eigenvalue weighted by atomic mass is 9.87. The zero-order valence-electron chi connectivity index (χ0n) is 22.3.